The maximum Gasteiger partial charge on any atom is 0.280 e. The average molecular weight is 475 g/mol. The van der Waals surface area contributed by atoms with Crippen molar-refractivity contribution in [1.29, 1.82) is 0 Å². The SMILES string of the molecule is NS(=O)(=O)c1cc(Nc2ccc(I)cc2)c(-c2cc(=O)[nH]o2)cc1F. The smallest absolute Gasteiger partial charge is 0.280 e. The van der Waals surface area contributed by atoms with E-state index in [1.54, 1.807) is 12.1 Å². The first kappa shape index (κ1) is 17.6. The molecule has 0 spiro atoms. The molecule has 0 amide bonds. The maximum atomic E-state index is 14.2. The van der Waals surface area contributed by atoms with E-state index in [0.29, 0.717) is 5.69 Å². The number of aromatic nitrogens is 1. The number of rotatable bonds is 4. The fourth-order valence-electron chi connectivity index (χ4n) is 2.18. The number of benzene rings is 2. The molecular formula is C15H11FIN3O4S. The predicted octanol–water partition coefficient (Wildman–Crippen LogP) is 2.77. The van der Waals surface area contributed by atoms with Crippen LogP contribution >= 0.6 is 22.6 Å². The topological polar surface area (TPSA) is 118 Å². The summed E-state index contributed by atoms with van der Waals surface area (Å²) in [4.78, 5) is 10.6. The van der Waals surface area contributed by atoms with Gasteiger partial charge < -0.3 is 9.84 Å². The minimum Gasteiger partial charge on any atom is -0.378 e. The van der Waals surface area contributed by atoms with E-state index in [1.807, 2.05) is 12.1 Å². The summed E-state index contributed by atoms with van der Waals surface area (Å²) in [5, 5.41) is 10.1. The van der Waals surface area contributed by atoms with Crippen molar-refractivity contribution in [2.45, 2.75) is 4.90 Å². The summed E-state index contributed by atoms with van der Waals surface area (Å²) in [6.07, 6.45) is 0. The van der Waals surface area contributed by atoms with Gasteiger partial charge in [0.2, 0.25) is 10.0 Å². The molecule has 0 bridgehead atoms. The molecule has 0 saturated carbocycles. The molecule has 0 radical (unpaired) electrons. The number of aromatic amines is 1. The van der Waals surface area contributed by atoms with Crippen LogP contribution in [0.25, 0.3) is 11.3 Å². The van der Waals surface area contributed by atoms with Gasteiger partial charge in [0.25, 0.3) is 5.56 Å². The molecule has 2 aromatic carbocycles. The number of halogens is 2. The summed E-state index contributed by atoms with van der Waals surface area (Å²) in [6, 6.07) is 10.3. The van der Waals surface area contributed by atoms with Crippen molar-refractivity contribution < 1.29 is 17.3 Å². The fourth-order valence-corrected chi connectivity index (χ4v) is 3.16. The summed E-state index contributed by atoms with van der Waals surface area (Å²) in [5.41, 5.74) is 0.508. The van der Waals surface area contributed by atoms with Gasteiger partial charge in [-0.2, -0.15) is 5.16 Å². The minimum absolute atomic E-state index is 0.0536. The highest BCUT2D eigenvalue weighted by molar-refractivity contribution is 14.1. The third-order valence-corrected chi connectivity index (χ3v) is 4.94. The van der Waals surface area contributed by atoms with E-state index >= 15 is 0 Å². The van der Waals surface area contributed by atoms with Crippen molar-refractivity contribution >= 4 is 44.0 Å². The minimum atomic E-state index is -4.27. The standard InChI is InChI=1S/C15H11FIN3O4S/c16-11-5-10(13-7-15(21)20-24-13)12(6-14(11)25(18,22)23)19-9-3-1-8(17)2-4-9/h1-7,19H,(H,20,21)(H2,18,22,23). The molecule has 0 aliphatic rings. The Morgan fingerprint density at radius 2 is 1.84 bits per heavy atom. The van der Waals surface area contributed by atoms with Crippen molar-refractivity contribution in [2.24, 2.45) is 5.14 Å². The number of anilines is 2. The predicted molar refractivity (Wildman–Crippen MR) is 98.5 cm³/mol. The number of hydrogen-bond acceptors (Lipinski definition) is 5. The highest BCUT2D eigenvalue weighted by Crippen LogP contribution is 2.33. The molecule has 25 heavy (non-hydrogen) atoms. The summed E-state index contributed by atoms with van der Waals surface area (Å²) < 4.78 is 43.4. The zero-order chi connectivity index (χ0) is 18.2. The lowest BCUT2D eigenvalue weighted by molar-refractivity contribution is 0.425. The van der Waals surface area contributed by atoms with Crippen molar-refractivity contribution in [3.63, 3.8) is 0 Å². The van der Waals surface area contributed by atoms with Crippen LogP contribution in [0.5, 0.6) is 0 Å². The van der Waals surface area contributed by atoms with Gasteiger partial charge in [-0.05, 0) is 59.0 Å². The van der Waals surface area contributed by atoms with Crippen LogP contribution in [0, 0.1) is 9.39 Å². The summed E-state index contributed by atoms with van der Waals surface area (Å²) in [6.45, 7) is 0. The van der Waals surface area contributed by atoms with Crippen LogP contribution in [0.15, 0.2) is 56.7 Å². The van der Waals surface area contributed by atoms with Crippen LogP contribution in [0.1, 0.15) is 0 Å². The van der Waals surface area contributed by atoms with Gasteiger partial charge in [-0.1, -0.05) is 0 Å². The van der Waals surface area contributed by atoms with Gasteiger partial charge in [-0.3, -0.25) is 4.79 Å². The molecule has 0 fully saturated rings. The first-order chi connectivity index (χ1) is 11.7. The zero-order valence-corrected chi connectivity index (χ0v) is 15.4. The molecule has 0 aliphatic heterocycles. The maximum absolute atomic E-state index is 14.2. The van der Waals surface area contributed by atoms with E-state index in [-0.39, 0.29) is 17.0 Å². The fraction of sp³-hybridized carbons (Fsp3) is 0. The molecule has 130 valence electrons. The van der Waals surface area contributed by atoms with E-state index in [0.717, 1.165) is 21.8 Å². The van der Waals surface area contributed by atoms with E-state index in [2.05, 4.69) is 33.1 Å². The first-order valence-electron chi connectivity index (χ1n) is 6.82. The Balaban J connectivity index is 2.18. The second-order valence-electron chi connectivity index (χ2n) is 5.08. The quantitative estimate of drug-likeness (QED) is 0.502. The monoisotopic (exact) mass is 475 g/mol. The van der Waals surface area contributed by atoms with E-state index in [1.165, 1.54) is 0 Å². The first-order valence-corrected chi connectivity index (χ1v) is 9.44. The van der Waals surface area contributed by atoms with Crippen molar-refractivity contribution in [2.75, 3.05) is 5.32 Å². The number of hydrogen-bond donors (Lipinski definition) is 3. The molecule has 0 saturated heterocycles. The van der Waals surface area contributed by atoms with E-state index < -0.39 is 26.3 Å². The van der Waals surface area contributed by atoms with Crippen LogP contribution in [0.4, 0.5) is 15.8 Å². The molecule has 3 aromatic rings. The molecular weight excluding hydrogens is 464 g/mol. The molecule has 0 unspecified atom stereocenters. The van der Waals surface area contributed by atoms with Crippen molar-refractivity contribution in [3.8, 4) is 11.3 Å². The Labute approximate surface area is 155 Å². The largest absolute Gasteiger partial charge is 0.378 e. The van der Waals surface area contributed by atoms with Gasteiger partial charge in [0.15, 0.2) is 5.76 Å². The third-order valence-electron chi connectivity index (χ3n) is 3.29. The molecule has 4 N–H and O–H groups in total. The Hall–Kier alpha value is -2.18. The molecule has 3 rings (SSSR count). The summed E-state index contributed by atoms with van der Waals surface area (Å²) in [5.74, 6) is -0.993. The van der Waals surface area contributed by atoms with Crippen LogP contribution < -0.4 is 16.0 Å². The number of sulfonamides is 1. The highest BCUT2D eigenvalue weighted by Gasteiger charge is 2.20. The highest BCUT2D eigenvalue weighted by atomic mass is 127. The summed E-state index contributed by atoms with van der Waals surface area (Å²) >= 11 is 2.14. The number of nitrogens with two attached hydrogens (primary N) is 1. The number of nitrogens with one attached hydrogen (secondary N) is 2. The molecule has 1 heterocycles. The van der Waals surface area contributed by atoms with E-state index in [9.17, 15) is 17.6 Å². The lowest BCUT2D eigenvalue weighted by Gasteiger charge is -2.13. The van der Waals surface area contributed by atoms with Gasteiger partial charge in [0.1, 0.15) is 10.7 Å². The summed E-state index contributed by atoms with van der Waals surface area (Å²) in [7, 11) is -4.27. The molecule has 1 aromatic heterocycles. The lowest BCUT2D eigenvalue weighted by atomic mass is 10.1. The Kier molecular flexibility index (Phi) is 4.67. The Morgan fingerprint density at radius 3 is 2.40 bits per heavy atom. The Bertz CT molecular complexity index is 1090. The van der Waals surface area contributed by atoms with Crippen molar-refractivity contribution in [3.05, 3.63) is 62.2 Å². The van der Waals surface area contributed by atoms with Gasteiger partial charge in [0, 0.05) is 14.8 Å². The van der Waals surface area contributed by atoms with Gasteiger partial charge in [-0.15, -0.1) is 0 Å². The number of H-pyrrole nitrogens is 1. The van der Waals surface area contributed by atoms with Crippen LogP contribution in [0.3, 0.4) is 0 Å². The van der Waals surface area contributed by atoms with Crippen molar-refractivity contribution in [1.82, 2.24) is 5.16 Å². The molecule has 7 nitrogen and oxygen atoms in total. The second kappa shape index (κ2) is 6.61. The second-order valence-corrected chi connectivity index (χ2v) is 7.86. The third kappa shape index (κ3) is 3.91. The molecule has 0 aliphatic carbocycles. The average Bonchev–Trinajstić information content (AvgIpc) is 2.96. The van der Waals surface area contributed by atoms with E-state index in [4.69, 9.17) is 9.66 Å². The lowest BCUT2D eigenvalue weighted by Crippen LogP contribution is -2.14. The van der Waals surface area contributed by atoms with Crippen LogP contribution in [-0.4, -0.2) is 13.6 Å². The van der Waals surface area contributed by atoms with Crippen LogP contribution in [0.2, 0.25) is 0 Å². The van der Waals surface area contributed by atoms with Crippen LogP contribution in [-0.2, 0) is 10.0 Å². The zero-order valence-electron chi connectivity index (χ0n) is 12.4. The normalized spacial score (nSPS) is 11.5. The molecule has 10 heteroatoms. The van der Waals surface area contributed by atoms with Gasteiger partial charge >= 0.3 is 0 Å². The number of primary sulfonamides is 1. The molecule has 0 atom stereocenters. The van der Waals surface area contributed by atoms with Gasteiger partial charge in [-0.25, -0.2) is 17.9 Å². The Morgan fingerprint density at radius 1 is 1.16 bits per heavy atom. The van der Waals surface area contributed by atoms with Gasteiger partial charge in [0.05, 0.1) is 11.8 Å².